The van der Waals surface area contributed by atoms with E-state index in [9.17, 15) is 0 Å². The Labute approximate surface area is 427 Å². The first-order chi connectivity index (χ1) is 36.6. The largest absolute Gasteiger partial charge is 0.456 e. The van der Waals surface area contributed by atoms with Crippen LogP contribution in [0.25, 0.3) is 112 Å². The number of fused-ring (bicyclic) bond motifs is 2. The molecule has 0 saturated heterocycles. The Hall–Kier alpha value is -9.78. The van der Waals surface area contributed by atoms with Gasteiger partial charge in [0, 0.05) is 67.1 Å². The van der Waals surface area contributed by atoms with Crippen molar-refractivity contribution in [2.45, 2.75) is 11.8 Å². The van der Waals surface area contributed by atoms with Gasteiger partial charge in [0.2, 0.25) is 0 Å². The van der Waals surface area contributed by atoms with E-state index in [1.54, 1.807) is 0 Å². The molecule has 6 nitrogen and oxygen atoms in total. The van der Waals surface area contributed by atoms with E-state index < -0.39 is 0 Å². The summed E-state index contributed by atoms with van der Waals surface area (Å²) >= 11 is 0. The van der Waals surface area contributed by atoms with Crippen LogP contribution in [0.4, 0.5) is 0 Å². The molecule has 13 aromatic rings. The molecule has 0 amide bonds. The number of aromatic nitrogens is 4. The lowest BCUT2D eigenvalue weighted by molar-refractivity contribution is 0.631. The van der Waals surface area contributed by atoms with Gasteiger partial charge < -0.3 is 8.83 Å². The van der Waals surface area contributed by atoms with Crippen molar-refractivity contribution in [3.05, 3.63) is 276 Å². The molecule has 3 aliphatic carbocycles. The van der Waals surface area contributed by atoms with Gasteiger partial charge in [0.1, 0.15) is 22.7 Å². The van der Waals surface area contributed by atoms with Gasteiger partial charge in [0.15, 0.2) is 11.6 Å². The molecule has 74 heavy (non-hydrogen) atoms. The van der Waals surface area contributed by atoms with Crippen molar-refractivity contribution in [3.8, 4) is 90.5 Å². The maximum atomic E-state index is 6.31. The molecule has 346 valence electrons. The predicted molar refractivity (Wildman–Crippen MR) is 295 cm³/mol. The van der Waals surface area contributed by atoms with Gasteiger partial charge in [0.25, 0.3) is 0 Å². The number of benzene rings is 9. The van der Waals surface area contributed by atoms with Crippen molar-refractivity contribution < 1.29 is 8.83 Å². The van der Waals surface area contributed by atoms with E-state index in [0.29, 0.717) is 11.6 Å². The highest BCUT2D eigenvalue weighted by Crippen LogP contribution is 2.57. The summed E-state index contributed by atoms with van der Waals surface area (Å²) in [6.45, 7) is 0. The molecule has 9 aromatic carbocycles. The normalized spacial score (nSPS) is 14.2. The number of hydrogen-bond acceptors (Lipinski definition) is 6. The fourth-order valence-electron chi connectivity index (χ4n) is 11.4. The van der Waals surface area contributed by atoms with Crippen molar-refractivity contribution in [1.29, 1.82) is 0 Å². The van der Waals surface area contributed by atoms with Gasteiger partial charge in [-0.15, -0.1) is 0 Å². The summed E-state index contributed by atoms with van der Waals surface area (Å²) < 4.78 is 12.6. The molecule has 3 aliphatic rings. The first-order valence-electron chi connectivity index (χ1n) is 25.1. The van der Waals surface area contributed by atoms with E-state index in [4.69, 9.17) is 28.8 Å². The molecule has 4 heterocycles. The summed E-state index contributed by atoms with van der Waals surface area (Å²) in [6.07, 6.45) is 0. The van der Waals surface area contributed by atoms with Crippen LogP contribution in [0.5, 0.6) is 0 Å². The topological polar surface area (TPSA) is 77.8 Å². The average Bonchev–Trinajstić information content (AvgIpc) is 4.14. The van der Waals surface area contributed by atoms with E-state index in [-0.39, 0.29) is 11.8 Å². The van der Waals surface area contributed by atoms with Crippen molar-refractivity contribution in [3.63, 3.8) is 0 Å². The third kappa shape index (κ3) is 7.10. The minimum Gasteiger partial charge on any atom is -0.456 e. The highest BCUT2D eigenvalue weighted by Gasteiger charge is 2.41. The third-order valence-electron chi connectivity index (χ3n) is 14.9. The lowest BCUT2D eigenvalue weighted by atomic mass is 9.60. The standard InChI is InChI=1S/C68H42N4O2/c1-3-15-41(16-4-1)67-69-57(43-21-13-23-47(33-43)63-37-49-19-7-11-27-61(49)73-63)39-59(71-67)45-29-31-53-55(35-45)65-51-25-9-10-26-52(51)66(53)56-36-46(30-32-54(56)65)60-40-58(70-68(72-60)42-17-5-2-6-18-42)44-22-14-24-48(34-44)64-38-50-20-8-12-28-62(50)74-64/h1-40,65-66H. The molecule has 6 heteroatoms. The fraction of sp³-hybridized carbons (Fsp3) is 0.0294. The highest BCUT2D eigenvalue weighted by molar-refractivity contribution is 5.86. The Bertz CT molecular complexity index is 4000. The van der Waals surface area contributed by atoms with E-state index in [0.717, 1.165) is 101 Å². The Morgan fingerprint density at radius 3 is 1.03 bits per heavy atom. The quantitative estimate of drug-likeness (QED) is 0.151. The zero-order valence-electron chi connectivity index (χ0n) is 39.9. The lowest BCUT2D eigenvalue weighted by Gasteiger charge is -2.42. The van der Waals surface area contributed by atoms with E-state index in [1.165, 1.54) is 33.4 Å². The minimum absolute atomic E-state index is 0.0346. The molecule has 2 atom stereocenters. The number of para-hydroxylation sites is 2. The third-order valence-corrected chi connectivity index (χ3v) is 14.9. The fourth-order valence-corrected chi connectivity index (χ4v) is 11.4. The Balaban J connectivity index is 0.830. The molecule has 0 N–H and O–H groups in total. The molecule has 0 saturated carbocycles. The van der Waals surface area contributed by atoms with Gasteiger partial charge in [-0.2, -0.15) is 0 Å². The highest BCUT2D eigenvalue weighted by atomic mass is 16.3. The molecule has 0 radical (unpaired) electrons. The van der Waals surface area contributed by atoms with Crippen LogP contribution in [-0.2, 0) is 0 Å². The van der Waals surface area contributed by atoms with Crippen LogP contribution in [0.15, 0.2) is 251 Å². The monoisotopic (exact) mass is 946 g/mol. The van der Waals surface area contributed by atoms with E-state index >= 15 is 0 Å². The molecular weight excluding hydrogens is 905 g/mol. The second kappa shape index (κ2) is 16.9. The summed E-state index contributed by atoms with van der Waals surface area (Å²) in [5, 5.41) is 2.15. The van der Waals surface area contributed by atoms with Gasteiger partial charge in [-0.05, 0) is 94.0 Å². The van der Waals surface area contributed by atoms with Crippen molar-refractivity contribution in [1.82, 2.24) is 19.9 Å². The number of nitrogens with zero attached hydrogens (tertiary/aromatic N) is 4. The maximum Gasteiger partial charge on any atom is 0.160 e. The Kier molecular flexibility index (Phi) is 9.60. The smallest absolute Gasteiger partial charge is 0.160 e. The van der Waals surface area contributed by atoms with Crippen LogP contribution in [0.1, 0.15) is 45.2 Å². The summed E-state index contributed by atoms with van der Waals surface area (Å²) in [7, 11) is 0. The van der Waals surface area contributed by atoms with Gasteiger partial charge in [0.05, 0.1) is 22.8 Å². The molecule has 2 bridgehead atoms. The summed E-state index contributed by atoms with van der Waals surface area (Å²) in [6, 6.07) is 85.1. The van der Waals surface area contributed by atoms with Gasteiger partial charge in [-0.3, -0.25) is 0 Å². The van der Waals surface area contributed by atoms with E-state index in [2.05, 4.69) is 170 Å². The van der Waals surface area contributed by atoms with Crippen molar-refractivity contribution >= 4 is 21.9 Å². The van der Waals surface area contributed by atoms with Gasteiger partial charge in [-0.25, -0.2) is 19.9 Å². The lowest BCUT2D eigenvalue weighted by Crippen LogP contribution is -2.27. The Morgan fingerprint density at radius 2 is 0.595 bits per heavy atom. The van der Waals surface area contributed by atoms with Crippen LogP contribution in [0.3, 0.4) is 0 Å². The van der Waals surface area contributed by atoms with Crippen LogP contribution < -0.4 is 0 Å². The van der Waals surface area contributed by atoms with E-state index in [1.807, 2.05) is 72.8 Å². The SMILES string of the molecule is c1ccc(-c2nc(-c3cccc(-c4cc5ccccc5o4)c3)cc(-c3ccc4c(c3)C3c5ccccc5C4c4cc(-c5cc(-c6cccc(-c7cc8ccccc8o7)c6)nc(-c6ccccc6)n5)ccc43)n2)cc1. The molecule has 0 aliphatic heterocycles. The van der Waals surface area contributed by atoms with Crippen LogP contribution in [0, 0.1) is 0 Å². The molecule has 4 aromatic heterocycles. The first-order valence-corrected chi connectivity index (χ1v) is 25.1. The second-order valence-corrected chi connectivity index (χ2v) is 19.3. The summed E-state index contributed by atoms with van der Waals surface area (Å²) in [5.41, 5.74) is 21.1. The zero-order chi connectivity index (χ0) is 48.7. The molecular formula is C68H42N4O2. The number of rotatable bonds is 8. The first kappa shape index (κ1) is 42.0. The molecule has 0 fully saturated rings. The predicted octanol–water partition coefficient (Wildman–Crippen LogP) is 17.1. The maximum absolute atomic E-state index is 6.31. The number of furan rings is 2. The van der Waals surface area contributed by atoms with Gasteiger partial charge in [-0.1, -0.05) is 182 Å². The van der Waals surface area contributed by atoms with Crippen LogP contribution in [-0.4, -0.2) is 19.9 Å². The molecule has 0 spiro atoms. The summed E-state index contributed by atoms with van der Waals surface area (Å²) in [4.78, 5) is 21.0. The van der Waals surface area contributed by atoms with Crippen LogP contribution >= 0.6 is 0 Å². The molecule has 16 rings (SSSR count). The van der Waals surface area contributed by atoms with Crippen molar-refractivity contribution in [2.24, 2.45) is 0 Å². The second-order valence-electron chi connectivity index (χ2n) is 19.3. The van der Waals surface area contributed by atoms with Gasteiger partial charge >= 0.3 is 0 Å². The van der Waals surface area contributed by atoms with Crippen LogP contribution in [0.2, 0.25) is 0 Å². The molecule has 2 unspecified atom stereocenters. The zero-order valence-corrected chi connectivity index (χ0v) is 39.9. The Morgan fingerprint density at radius 1 is 0.243 bits per heavy atom. The number of hydrogen-bond donors (Lipinski definition) is 0. The van der Waals surface area contributed by atoms with Crippen molar-refractivity contribution in [2.75, 3.05) is 0 Å². The minimum atomic E-state index is 0.0346. The average molecular weight is 947 g/mol. The summed E-state index contributed by atoms with van der Waals surface area (Å²) in [5.74, 6) is 3.07.